The van der Waals surface area contributed by atoms with Crippen molar-refractivity contribution in [2.24, 2.45) is 0 Å². The number of hydrogen-bond donors (Lipinski definition) is 2. The zero-order valence-corrected chi connectivity index (χ0v) is 24.2. The Balaban J connectivity index is 1.37. The molecule has 3 fully saturated rings. The minimum Gasteiger partial charge on any atom is -0.461 e. The van der Waals surface area contributed by atoms with E-state index in [9.17, 15) is 5.11 Å². The molecule has 0 amide bonds. The van der Waals surface area contributed by atoms with Crippen LogP contribution in [-0.4, -0.2) is 82.6 Å². The van der Waals surface area contributed by atoms with Gasteiger partial charge in [-0.3, -0.25) is 4.90 Å². The molecule has 3 aliphatic rings. The van der Waals surface area contributed by atoms with E-state index in [1.807, 2.05) is 17.0 Å². The van der Waals surface area contributed by atoms with Crippen molar-refractivity contribution in [1.82, 2.24) is 19.9 Å². The van der Waals surface area contributed by atoms with E-state index in [4.69, 9.17) is 31.8 Å². The van der Waals surface area contributed by atoms with Crippen LogP contribution in [0.2, 0.25) is 5.02 Å². The van der Waals surface area contributed by atoms with Gasteiger partial charge in [0.05, 0.1) is 33.5 Å². The van der Waals surface area contributed by atoms with Crippen LogP contribution in [0, 0.1) is 5.82 Å². The van der Waals surface area contributed by atoms with Crippen molar-refractivity contribution >= 4 is 55.0 Å². The van der Waals surface area contributed by atoms with E-state index in [0.717, 1.165) is 49.9 Å². The number of aliphatic hydroxyl groups is 1. The van der Waals surface area contributed by atoms with E-state index < -0.39 is 5.82 Å². The van der Waals surface area contributed by atoms with Crippen LogP contribution in [0.1, 0.15) is 32.1 Å². The highest BCUT2D eigenvalue weighted by Crippen LogP contribution is 2.43. The minimum atomic E-state index is -0.564. The Bertz CT molecular complexity index is 1610. The molecule has 7 rings (SSSR count). The van der Waals surface area contributed by atoms with Crippen molar-refractivity contribution in [3.63, 3.8) is 0 Å². The van der Waals surface area contributed by atoms with Gasteiger partial charge < -0.3 is 25.2 Å². The molecule has 1 atom stereocenters. The highest BCUT2D eigenvalue weighted by atomic mass is 35.5. The molecule has 5 heterocycles. The van der Waals surface area contributed by atoms with Gasteiger partial charge in [0, 0.05) is 36.2 Å². The predicted molar refractivity (Wildman–Crippen MR) is 159 cm³/mol. The van der Waals surface area contributed by atoms with Crippen molar-refractivity contribution in [2.75, 3.05) is 56.6 Å². The first-order valence-electron chi connectivity index (χ1n) is 14.2. The second kappa shape index (κ2) is 10.8. The van der Waals surface area contributed by atoms with Crippen molar-refractivity contribution in [3.05, 3.63) is 35.1 Å². The number of aliphatic hydroxyl groups excluding tert-OH is 1. The van der Waals surface area contributed by atoms with Crippen LogP contribution in [0.3, 0.4) is 0 Å². The zero-order valence-electron chi connectivity index (χ0n) is 22.6. The van der Waals surface area contributed by atoms with E-state index >= 15 is 4.39 Å². The largest absolute Gasteiger partial charge is 0.461 e. The molecule has 0 aliphatic carbocycles. The molecule has 41 heavy (non-hydrogen) atoms. The molecular formula is C29H32ClFN6O3S. The standard InChI is InChI=1S/C29H32ClFN6O3S/c30-20-13-19-25(23(31)22(20)18-5-1-6-21-24(18)33-27(32)41-21)34-28(40-16-29-7-2-10-37(29)11-3-8-29)35-26(19)36-9-4-12-39-17(14-36)15-38/h1,5-6,13,17,38H,2-4,7-12,14-16H2,(H2,32,33). The average Bonchev–Trinajstić information content (AvgIpc) is 3.60. The molecule has 216 valence electrons. The molecular weight excluding hydrogens is 567 g/mol. The summed E-state index contributed by atoms with van der Waals surface area (Å²) in [4.78, 5) is 18.4. The second-order valence-corrected chi connectivity index (χ2v) is 12.6. The molecule has 4 aromatic rings. The normalized spacial score (nSPS) is 21.0. The van der Waals surface area contributed by atoms with Gasteiger partial charge in [-0.2, -0.15) is 9.97 Å². The van der Waals surface area contributed by atoms with E-state index in [1.165, 1.54) is 11.3 Å². The average molecular weight is 599 g/mol. The smallest absolute Gasteiger partial charge is 0.319 e. The van der Waals surface area contributed by atoms with E-state index in [1.54, 1.807) is 12.1 Å². The summed E-state index contributed by atoms with van der Waals surface area (Å²) < 4.78 is 29.6. The van der Waals surface area contributed by atoms with E-state index in [2.05, 4.69) is 14.9 Å². The van der Waals surface area contributed by atoms with Crippen molar-refractivity contribution in [3.8, 4) is 17.1 Å². The molecule has 2 aromatic carbocycles. The number of fused-ring (bicyclic) bond motifs is 3. The molecule has 12 heteroatoms. The number of nitrogen functional groups attached to an aromatic ring is 1. The number of rotatable bonds is 6. The van der Waals surface area contributed by atoms with Gasteiger partial charge in [0.2, 0.25) is 0 Å². The molecule has 2 aromatic heterocycles. The van der Waals surface area contributed by atoms with Gasteiger partial charge in [-0.05, 0) is 57.3 Å². The molecule has 3 aliphatic heterocycles. The number of ether oxygens (including phenoxy) is 2. The number of para-hydroxylation sites is 1. The molecule has 0 saturated carbocycles. The highest BCUT2D eigenvalue weighted by Gasteiger charge is 2.45. The van der Waals surface area contributed by atoms with E-state index in [-0.39, 0.29) is 40.4 Å². The fourth-order valence-electron chi connectivity index (χ4n) is 6.74. The molecule has 9 nitrogen and oxygen atoms in total. The quantitative estimate of drug-likeness (QED) is 0.321. The number of thiazole rings is 1. The predicted octanol–water partition coefficient (Wildman–Crippen LogP) is 4.88. The van der Waals surface area contributed by atoms with Crippen molar-refractivity contribution in [1.29, 1.82) is 0 Å². The van der Waals surface area contributed by atoms with Crippen LogP contribution in [0.5, 0.6) is 6.01 Å². The summed E-state index contributed by atoms with van der Waals surface area (Å²) >= 11 is 8.17. The second-order valence-electron chi connectivity index (χ2n) is 11.2. The maximum atomic E-state index is 16.7. The summed E-state index contributed by atoms with van der Waals surface area (Å²) in [5.41, 5.74) is 7.47. The molecule has 1 unspecified atom stereocenters. The number of halogens is 2. The van der Waals surface area contributed by atoms with Gasteiger partial charge in [0.15, 0.2) is 10.9 Å². The number of nitrogens with zero attached hydrogens (tertiary/aromatic N) is 5. The molecule has 0 bridgehead atoms. The van der Waals surface area contributed by atoms with Gasteiger partial charge in [-0.25, -0.2) is 9.37 Å². The van der Waals surface area contributed by atoms with Crippen LogP contribution < -0.4 is 15.4 Å². The third kappa shape index (κ3) is 4.77. The van der Waals surface area contributed by atoms with Gasteiger partial charge in [0.1, 0.15) is 17.9 Å². The lowest BCUT2D eigenvalue weighted by atomic mass is 9.95. The number of hydrogen-bond acceptors (Lipinski definition) is 10. The minimum absolute atomic E-state index is 0.0131. The first kappa shape index (κ1) is 27.0. The topological polar surface area (TPSA) is 110 Å². The third-order valence-electron chi connectivity index (χ3n) is 8.68. The van der Waals surface area contributed by atoms with E-state index in [0.29, 0.717) is 53.7 Å². The summed E-state index contributed by atoms with van der Waals surface area (Å²) in [5.74, 6) is -0.0454. The first-order chi connectivity index (χ1) is 20.0. The number of benzene rings is 2. The van der Waals surface area contributed by atoms with Crippen molar-refractivity contribution in [2.45, 2.75) is 43.7 Å². The lowest BCUT2D eigenvalue weighted by Crippen LogP contribution is -2.43. The van der Waals surface area contributed by atoms with Gasteiger partial charge in [-0.1, -0.05) is 35.1 Å². The molecule has 3 N–H and O–H groups in total. The zero-order chi connectivity index (χ0) is 28.1. The van der Waals surface area contributed by atoms with Crippen LogP contribution in [-0.2, 0) is 4.74 Å². The Morgan fingerprint density at radius 3 is 2.78 bits per heavy atom. The molecule has 3 saturated heterocycles. The monoisotopic (exact) mass is 598 g/mol. The lowest BCUT2D eigenvalue weighted by Gasteiger charge is -2.31. The van der Waals surface area contributed by atoms with Crippen LogP contribution in [0.25, 0.3) is 32.2 Å². The van der Waals surface area contributed by atoms with Crippen molar-refractivity contribution < 1.29 is 19.0 Å². The first-order valence-corrected chi connectivity index (χ1v) is 15.4. The highest BCUT2D eigenvalue weighted by molar-refractivity contribution is 7.22. The Morgan fingerprint density at radius 1 is 1.15 bits per heavy atom. The van der Waals surface area contributed by atoms with Gasteiger partial charge >= 0.3 is 6.01 Å². The van der Waals surface area contributed by atoms with Crippen LogP contribution in [0.4, 0.5) is 15.3 Å². The Morgan fingerprint density at radius 2 is 1.98 bits per heavy atom. The summed E-state index contributed by atoms with van der Waals surface area (Å²) in [7, 11) is 0. The number of nitrogens with two attached hydrogens (primary N) is 1. The third-order valence-corrected chi connectivity index (χ3v) is 9.83. The maximum absolute atomic E-state index is 16.7. The Labute approximate surface area is 246 Å². The lowest BCUT2D eigenvalue weighted by molar-refractivity contribution is 0.0266. The van der Waals surface area contributed by atoms with Gasteiger partial charge in [0.25, 0.3) is 0 Å². The fraction of sp³-hybridized carbons (Fsp3) is 0.483. The maximum Gasteiger partial charge on any atom is 0.319 e. The summed E-state index contributed by atoms with van der Waals surface area (Å²) in [6, 6.07) is 7.39. The number of anilines is 2. The summed E-state index contributed by atoms with van der Waals surface area (Å²) in [5, 5.41) is 11.0. The summed E-state index contributed by atoms with van der Waals surface area (Å²) in [6.07, 6.45) is 4.79. The molecule has 0 spiro atoms. The van der Waals surface area contributed by atoms with Gasteiger partial charge in [-0.15, -0.1) is 0 Å². The fourth-order valence-corrected chi connectivity index (χ4v) is 7.79. The van der Waals surface area contributed by atoms with Crippen LogP contribution in [0.15, 0.2) is 24.3 Å². The number of aromatic nitrogens is 3. The molecule has 0 radical (unpaired) electrons. The van der Waals surface area contributed by atoms with Crippen LogP contribution >= 0.6 is 22.9 Å². The summed E-state index contributed by atoms with van der Waals surface area (Å²) in [6.45, 7) is 4.03. The Kier molecular flexibility index (Phi) is 7.11. The SMILES string of the molecule is Nc1nc2c(-c3c(Cl)cc4c(N5CCCOC(CO)C5)nc(OCC56CCCN5CCC6)nc4c3F)cccc2s1. The Hall–Kier alpha value is -2.83.